The number of carbonyl (C=O) groups excluding carboxylic acids is 2. The van der Waals surface area contributed by atoms with Crippen LogP contribution in [0.15, 0.2) is 54.6 Å². The van der Waals surface area contributed by atoms with Gasteiger partial charge in [-0.25, -0.2) is 0 Å². The number of benzene rings is 2. The number of terminal acetylenes is 1. The van der Waals surface area contributed by atoms with Gasteiger partial charge in [0.15, 0.2) is 0 Å². The Labute approximate surface area is 146 Å². The van der Waals surface area contributed by atoms with E-state index in [4.69, 9.17) is 18.0 Å². The van der Waals surface area contributed by atoms with Crippen molar-refractivity contribution in [2.75, 3.05) is 6.54 Å². The third kappa shape index (κ3) is 5.15. The fourth-order valence-electron chi connectivity index (χ4n) is 2.23. The molecule has 4 nitrogen and oxygen atoms in total. The standard InChI is InChI=1S/C19H17ClN2O2/c1-2-12-21-17(23)13-18(24)22-19(14-6-4-3-5-7-14)15-8-10-16(20)11-9-15/h1,3-11,19H,12-13H2,(H,21,23)(H,22,24)/t19-/m1/s1. The van der Waals surface area contributed by atoms with Gasteiger partial charge in [0.2, 0.25) is 11.8 Å². The van der Waals surface area contributed by atoms with Crippen molar-refractivity contribution >= 4 is 23.4 Å². The van der Waals surface area contributed by atoms with E-state index in [-0.39, 0.29) is 24.9 Å². The normalized spacial score (nSPS) is 11.2. The molecule has 2 amide bonds. The largest absolute Gasteiger partial charge is 0.345 e. The zero-order valence-electron chi connectivity index (χ0n) is 13.0. The van der Waals surface area contributed by atoms with Crippen molar-refractivity contribution in [1.82, 2.24) is 10.6 Å². The van der Waals surface area contributed by atoms with Gasteiger partial charge in [-0.2, -0.15) is 0 Å². The van der Waals surface area contributed by atoms with E-state index in [0.717, 1.165) is 11.1 Å². The van der Waals surface area contributed by atoms with E-state index in [2.05, 4.69) is 16.6 Å². The molecule has 5 heteroatoms. The van der Waals surface area contributed by atoms with Crippen LogP contribution in [0.25, 0.3) is 0 Å². The molecule has 2 N–H and O–H groups in total. The van der Waals surface area contributed by atoms with E-state index in [9.17, 15) is 9.59 Å². The Kier molecular flexibility index (Phi) is 6.41. The molecule has 0 heterocycles. The third-order valence-electron chi connectivity index (χ3n) is 3.35. The first kappa shape index (κ1) is 17.6. The monoisotopic (exact) mass is 340 g/mol. The molecule has 0 saturated carbocycles. The zero-order valence-corrected chi connectivity index (χ0v) is 13.7. The Morgan fingerprint density at radius 2 is 1.62 bits per heavy atom. The molecule has 0 aliphatic heterocycles. The topological polar surface area (TPSA) is 58.2 Å². The van der Waals surface area contributed by atoms with Crippen molar-refractivity contribution in [2.24, 2.45) is 0 Å². The number of halogens is 1. The molecule has 2 aromatic carbocycles. The van der Waals surface area contributed by atoms with Crippen molar-refractivity contribution < 1.29 is 9.59 Å². The van der Waals surface area contributed by atoms with Gasteiger partial charge < -0.3 is 10.6 Å². The second kappa shape index (κ2) is 8.76. The smallest absolute Gasteiger partial charge is 0.230 e. The number of nitrogens with one attached hydrogen (secondary N) is 2. The first-order valence-corrected chi connectivity index (χ1v) is 7.78. The van der Waals surface area contributed by atoms with Crippen molar-refractivity contribution in [3.63, 3.8) is 0 Å². The highest BCUT2D eigenvalue weighted by Crippen LogP contribution is 2.23. The third-order valence-corrected chi connectivity index (χ3v) is 3.60. The van der Waals surface area contributed by atoms with Crippen LogP contribution < -0.4 is 10.6 Å². The van der Waals surface area contributed by atoms with Crippen LogP contribution in [-0.4, -0.2) is 18.4 Å². The predicted octanol–water partition coefficient (Wildman–Crippen LogP) is 2.69. The molecular weight excluding hydrogens is 324 g/mol. The molecule has 2 rings (SSSR count). The Balaban J connectivity index is 2.15. The van der Waals surface area contributed by atoms with Crippen molar-refractivity contribution in [2.45, 2.75) is 12.5 Å². The Morgan fingerprint density at radius 3 is 2.25 bits per heavy atom. The average molecular weight is 341 g/mol. The summed E-state index contributed by atoms with van der Waals surface area (Å²) in [5.74, 6) is 1.50. The van der Waals surface area contributed by atoms with Crippen LogP contribution in [-0.2, 0) is 9.59 Å². The molecule has 2 aromatic rings. The summed E-state index contributed by atoms with van der Waals surface area (Å²) >= 11 is 5.93. The highest BCUT2D eigenvalue weighted by Gasteiger charge is 2.18. The molecule has 0 fully saturated rings. The summed E-state index contributed by atoms with van der Waals surface area (Å²) in [4.78, 5) is 23.8. The van der Waals surface area contributed by atoms with Crippen LogP contribution in [0, 0.1) is 12.3 Å². The average Bonchev–Trinajstić information content (AvgIpc) is 2.59. The first-order chi connectivity index (χ1) is 11.6. The van der Waals surface area contributed by atoms with Gasteiger partial charge in [-0.1, -0.05) is 60.0 Å². The summed E-state index contributed by atoms with van der Waals surface area (Å²) in [6.45, 7) is 0.103. The molecule has 0 saturated heterocycles. The Morgan fingerprint density at radius 1 is 1.00 bits per heavy atom. The summed E-state index contributed by atoms with van der Waals surface area (Å²) in [5.41, 5.74) is 1.79. The van der Waals surface area contributed by atoms with E-state index in [1.54, 1.807) is 12.1 Å². The molecule has 0 aromatic heterocycles. The maximum absolute atomic E-state index is 12.2. The van der Waals surface area contributed by atoms with Crippen LogP contribution in [0.5, 0.6) is 0 Å². The second-order valence-corrected chi connectivity index (χ2v) is 5.56. The lowest BCUT2D eigenvalue weighted by Gasteiger charge is -2.20. The minimum atomic E-state index is -0.409. The van der Waals surface area contributed by atoms with Crippen LogP contribution >= 0.6 is 11.6 Å². The van der Waals surface area contributed by atoms with E-state index < -0.39 is 5.91 Å². The van der Waals surface area contributed by atoms with Crippen LogP contribution in [0.2, 0.25) is 5.02 Å². The van der Waals surface area contributed by atoms with E-state index in [0.29, 0.717) is 5.02 Å². The number of rotatable bonds is 6. The number of carbonyl (C=O) groups is 2. The molecule has 0 unspecified atom stereocenters. The van der Waals surface area contributed by atoms with Gasteiger partial charge in [-0.05, 0) is 23.3 Å². The molecule has 0 aliphatic rings. The second-order valence-electron chi connectivity index (χ2n) is 5.12. The van der Waals surface area contributed by atoms with Crippen molar-refractivity contribution in [1.29, 1.82) is 0 Å². The Hall–Kier alpha value is -2.77. The van der Waals surface area contributed by atoms with Gasteiger partial charge in [0, 0.05) is 5.02 Å². The lowest BCUT2D eigenvalue weighted by atomic mass is 9.98. The van der Waals surface area contributed by atoms with Gasteiger partial charge in [0.1, 0.15) is 6.42 Å². The summed E-state index contributed by atoms with van der Waals surface area (Å²) in [5, 5.41) is 5.97. The minimum Gasteiger partial charge on any atom is -0.345 e. The fourth-order valence-corrected chi connectivity index (χ4v) is 2.36. The van der Waals surface area contributed by atoms with Crippen LogP contribution in [0.3, 0.4) is 0 Å². The minimum absolute atomic E-state index is 0.103. The summed E-state index contributed by atoms with van der Waals surface area (Å²) in [6.07, 6.45) is 4.80. The molecular formula is C19H17ClN2O2. The summed E-state index contributed by atoms with van der Waals surface area (Å²) in [7, 11) is 0. The van der Waals surface area contributed by atoms with Crippen molar-refractivity contribution in [3.05, 3.63) is 70.7 Å². The molecule has 0 aliphatic carbocycles. The zero-order chi connectivity index (χ0) is 17.4. The number of amides is 2. The lowest BCUT2D eigenvalue weighted by molar-refractivity contribution is -0.129. The molecule has 0 bridgehead atoms. The van der Waals surface area contributed by atoms with Gasteiger partial charge in [-0.3, -0.25) is 9.59 Å². The fraction of sp³-hybridized carbons (Fsp3) is 0.158. The maximum atomic E-state index is 12.2. The summed E-state index contributed by atoms with van der Waals surface area (Å²) < 4.78 is 0. The van der Waals surface area contributed by atoms with Crippen LogP contribution in [0.1, 0.15) is 23.6 Å². The Bertz CT molecular complexity index is 736. The predicted molar refractivity (Wildman–Crippen MR) is 94.3 cm³/mol. The number of hydrogen-bond donors (Lipinski definition) is 2. The van der Waals surface area contributed by atoms with E-state index in [1.807, 2.05) is 42.5 Å². The SMILES string of the molecule is C#CCNC(=O)CC(=O)N[C@H](c1ccccc1)c1ccc(Cl)cc1. The first-order valence-electron chi connectivity index (χ1n) is 7.40. The van der Waals surface area contributed by atoms with E-state index >= 15 is 0 Å². The molecule has 122 valence electrons. The lowest BCUT2D eigenvalue weighted by Crippen LogP contribution is -2.34. The molecule has 1 atom stereocenters. The van der Waals surface area contributed by atoms with Gasteiger partial charge >= 0.3 is 0 Å². The van der Waals surface area contributed by atoms with Gasteiger partial charge in [-0.15, -0.1) is 6.42 Å². The molecule has 24 heavy (non-hydrogen) atoms. The number of hydrogen-bond acceptors (Lipinski definition) is 2. The van der Waals surface area contributed by atoms with Gasteiger partial charge in [0.25, 0.3) is 0 Å². The quantitative estimate of drug-likeness (QED) is 0.627. The molecule has 0 radical (unpaired) electrons. The maximum Gasteiger partial charge on any atom is 0.230 e. The van der Waals surface area contributed by atoms with Crippen molar-refractivity contribution in [3.8, 4) is 12.3 Å². The summed E-state index contributed by atoms with van der Waals surface area (Å²) in [6, 6.07) is 16.4. The van der Waals surface area contributed by atoms with Crippen LogP contribution in [0.4, 0.5) is 0 Å². The molecule has 0 spiro atoms. The highest BCUT2D eigenvalue weighted by atomic mass is 35.5. The van der Waals surface area contributed by atoms with Gasteiger partial charge in [0.05, 0.1) is 12.6 Å². The highest BCUT2D eigenvalue weighted by molar-refractivity contribution is 6.30. The van der Waals surface area contributed by atoms with E-state index in [1.165, 1.54) is 0 Å².